The number of thiocyanates is 1. The Balaban J connectivity index is 1.98. The molecule has 0 bridgehead atoms. The fourth-order valence-electron chi connectivity index (χ4n) is 1.22. The molecule has 74 valence electrons. The quantitative estimate of drug-likeness (QED) is 0.716. The zero-order chi connectivity index (χ0) is 9.80. The maximum Gasteiger partial charge on any atom is 0.217 e. The van der Waals surface area contributed by atoms with Crippen molar-refractivity contribution in [3.05, 3.63) is 23.7 Å². The van der Waals surface area contributed by atoms with Crippen LogP contribution in [0.5, 0.6) is 0 Å². The molecule has 5 heteroatoms. The van der Waals surface area contributed by atoms with E-state index in [0.29, 0.717) is 24.7 Å². The molecule has 1 aliphatic rings. The molecule has 0 aliphatic carbocycles. The first-order valence-corrected chi connectivity index (χ1v) is 5.21. The Morgan fingerprint density at radius 1 is 1.43 bits per heavy atom. The Morgan fingerprint density at radius 2 is 2.21 bits per heavy atom. The molecule has 0 atom stereocenters. The van der Waals surface area contributed by atoms with E-state index in [2.05, 4.69) is 0 Å². The Hall–Kier alpha value is -0.960. The van der Waals surface area contributed by atoms with Crippen molar-refractivity contribution < 1.29 is 13.9 Å². The van der Waals surface area contributed by atoms with E-state index in [1.54, 1.807) is 0 Å². The third-order valence-corrected chi connectivity index (χ3v) is 2.37. The first-order chi connectivity index (χ1) is 6.90. The van der Waals surface area contributed by atoms with Crippen LogP contribution in [0.1, 0.15) is 17.8 Å². The van der Waals surface area contributed by atoms with E-state index in [4.69, 9.17) is 19.2 Å². The van der Waals surface area contributed by atoms with Crippen molar-refractivity contribution in [1.29, 1.82) is 5.26 Å². The molecule has 0 aromatic carbocycles. The first-order valence-electron chi connectivity index (χ1n) is 4.23. The number of furan rings is 1. The predicted octanol–water partition coefficient (Wildman–Crippen LogP) is 2.04. The average Bonchev–Trinajstić information content (AvgIpc) is 2.85. The zero-order valence-electron chi connectivity index (χ0n) is 7.43. The summed E-state index contributed by atoms with van der Waals surface area (Å²) in [6.07, 6.45) is -0.365. The van der Waals surface area contributed by atoms with Gasteiger partial charge in [-0.25, -0.2) is 0 Å². The highest BCUT2D eigenvalue weighted by Gasteiger charge is 2.21. The summed E-state index contributed by atoms with van der Waals surface area (Å²) in [6.45, 7) is 1.21. The summed E-state index contributed by atoms with van der Waals surface area (Å²) in [7, 11) is 0. The van der Waals surface area contributed by atoms with Crippen molar-refractivity contribution in [2.75, 3.05) is 13.2 Å². The SMILES string of the molecule is N#CSCc1ccc(C2OCCO2)o1. The van der Waals surface area contributed by atoms with Crippen LogP contribution in [0, 0.1) is 10.7 Å². The van der Waals surface area contributed by atoms with Gasteiger partial charge < -0.3 is 13.9 Å². The van der Waals surface area contributed by atoms with Crippen molar-refractivity contribution in [3.8, 4) is 5.40 Å². The third-order valence-electron chi connectivity index (χ3n) is 1.82. The number of rotatable bonds is 3. The molecule has 1 fully saturated rings. The van der Waals surface area contributed by atoms with Gasteiger partial charge in [0.05, 0.1) is 19.0 Å². The lowest BCUT2D eigenvalue weighted by Gasteiger charge is -2.03. The minimum atomic E-state index is -0.365. The number of ether oxygens (including phenoxy) is 2. The molecule has 1 aromatic heterocycles. The van der Waals surface area contributed by atoms with E-state index in [1.165, 1.54) is 0 Å². The van der Waals surface area contributed by atoms with E-state index in [0.717, 1.165) is 17.5 Å². The minimum absolute atomic E-state index is 0.365. The van der Waals surface area contributed by atoms with Gasteiger partial charge >= 0.3 is 0 Å². The average molecular weight is 211 g/mol. The summed E-state index contributed by atoms with van der Waals surface area (Å²) in [5.74, 6) is 2.00. The van der Waals surface area contributed by atoms with E-state index in [9.17, 15) is 0 Å². The molecule has 0 saturated carbocycles. The van der Waals surface area contributed by atoms with Gasteiger partial charge in [-0.2, -0.15) is 5.26 Å². The molecule has 1 saturated heterocycles. The Kier molecular flexibility index (Phi) is 3.09. The summed E-state index contributed by atoms with van der Waals surface area (Å²) in [4.78, 5) is 0. The smallest absolute Gasteiger partial charge is 0.217 e. The molecule has 0 spiro atoms. The summed E-state index contributed by atoms with van der Waals surface area (Å²) in [5, 5.41) is 10.4. The van der Waals surface area contributed by atoms with Crippen LogP contribution in [-0.4, -0.2) is 13.2 Å². The lowest BCUT2D eigenvalue weighted by atomic mass is 10.4. The van der Waals surface area contributed by atoms with Gasteiger partial charge in [0, 0.05) is 0 Å². The summed E-state index contributed by atoms with van der Waals surface area (Å²) >= 11 is 1.15. The summed E-state index contributed by atoms with van der Waals surface area (Å²) in [5.41, 5.74) is 0. The van der Waals surface area contributed by atoms with Gasteiger partial charge in [-0.15, -0.1) is 0 Å². The van der Waals surface area contributed by atoms with Crippen molar-refractivity contribution in [2.45, 2.75) is 12.0 Å². The highest BCUT2D eigenvalue weighted by Crippen LogP contribution is 2.26. The monoisotopic (exact) mass is 211 g/mol. The Bertz CT molecular complexity index is 338. The second-order valence-corrected chi connectivity index (χ2v) is 3.52. The summed E-state index contributed by atoms with van der Waals surface area (Å²) < 4.78 is 16.0. The number of nitrogens with zero attached hydrogens (tertiary/aromatic N) is 1. The van der Waals surface area contributed by atoms with Crippen LogP contribution in [-0.2, 0) is 15.2 Å². The van der Waals surface area contributed by atoms with E-state index in [-0.39, 0.29) is 6.29 Å². The fourth-order valence-corrected chi connectivity index (χ4v) is 1.59. The van der Waals surface area contributed by atoms with Crippen LogP contribution in [0.25, 0.3) is 0 Å². The maximum atomic E-state index is 8.37. The minimum Gasteiger partial charge on any atom is -0.460 e. The Labute approximate surface area is 85.8 Å². The molecule has 2 rings (SSSR count). The van der Waals surface area contributed by atoms with Gasteiger partial charge in [-0.3, -0.25) is 0 Å². The number of hydrogen-bond acceptors (Lipinski definition) is 5. The largest absolute Gasteiger partial charge is 0.460 e. The molecule has 0 unspecified atom stereocenters. The van der Waals surface area contributed by atoms with Crippen LogP contribution in [0.2, 0.25) is 0 Å². The normalized spacial score (nSPS) is 17.1. The number of nitriles is 1. The standard InChI is InChI=1S/C9H9NO3S/c10-6-14-5-7-1-2-8(13-7)9-11-3-4-12-9/h1-2,9H,3-5H2. The number of thioether (sulfide) groups is 1. The molecule has 1 aliphatic heterocycles. The Morgan fingerprint density at radius 3 is 2.93 bits per heavy atom. The maximum absolute atomic E-state index is 8.37. The molecular weight excluding hydrogens is 202 g/mol. The van der Waals surface area contributed by atoms with E-state index in [1.807, 2.05) is 17.5 Å². The zero-order valence-corrected chi connectivity index (χ0v) is 8.25. The van der Waals surface area contributed by atoms with Gasteiger partial charge in [0.25, 0.3) is 0 Å². The van der Waals surface area contributed by atoms with E-state index < -0.39 is 0 Å². The predicted molar refractivity (Wildman–Crippen MR) is 50.3 cm³/mol. The van der Waals surface area contributed by atoms with Crippen molar-refractivity contribution in [2.24, 2.45) is 0 Å². The van der Waals surface area contributed by atoms with Crippen LogP contribution < -0.4 is 0 Å². The topological polar surface area (TPSA) is 55.4 Å². The molecule has 14 heavy (non-hydrogen) atoms. The lowest BCUT2D eigenvalue weighted by Crippen LogP contribution is -1.94. The number of hydrogen-bond donors (Lipinski definition) is 0. The first kappa shape index (κ1) is 9.59. The molecule has 2 heterocycles. The highest BCUT2D eigenvalue weighted by atomic mass is 32.2. The van der Waals surface area contributed by atoms with Gasteiger partial charge in [0.15, 0.2) is 5.76 Å². The van der Waals surface area contributed by atoms with Crippen LogP contribution >= 0.6 is 11.8 Å². The van der Waals surface area contributed by atoms with Gasteiger partial charge in [0.2, 0.25) is 6.29 Å². The second-order valence-electron chi connectivity index (χ2n) is 2.76. The molecule has 4 nitrogen and oxygen atoms in total. The third kappa shape index (κ3) is 2.10. The van der Waals surface area contributed by atoms with Gasteiger partial charge in [0.1, 0.15) is 11.2 Å². The highest BCUT2D eigenvalue weighted by molar-refractivity contribution is 8.02. The van der Waals surface area contributed by atoms with Gasteiger partial charge in [-0.1, -0.05) is 0 Å². The molecular formula is C9H9NO3S. The van der Waals surface area contributed by atoms with Crippen molar-refractivity contribution >= 4 is 11.8 Å². The molecule has 0 N–H and O–H groups in total. The van der Waals surface area contributed by atoms with Crippen molar-refractivity contribution in [1.82, 2.24) is 0 Å². The van der Waals surface area contributed by atoms with Crippen LogP contribution in [0.15, 0.2) is 16.5 Å². The van der Waals surface area contributed by atoms with Crippen LogP contribution in [0.4, 0.5) is 0 Å². The molecule has 0 radical (unpaired) electrons. The lowest BCUT2D eigenvalue weighted by molar-refractivity contribution is -0.0592. The summed E-state index contributed by atoms with van der Waals surface area (Å²) in [6, 6.07) is 3.66. The fraction of sp³-hybridized carbons (Fsp3) is 0.444. The van der Waals surface area contributed by atoms with E-state index >= 15 is 0 Å². The van der Waals surface area contributed by atoms with Crippen LogP contribution in [0.3, 0.4) is 0 Å². The molecule has 1 aromatic rings. The molecule has 0 amide bonds. The van der Waals surface area contributed by atoms with Gasteiger partial charge in [-0.05, 0) is 23.9 Å². The second kappa shape index (κ2) is 4.51. The van der Waals surface area contributed by atoms with Crippen molar-refractivity contribution in [3.63, 3.8) is 0 Å².